The van der Waals surface area contributed by atoms with E-state index in [-0.39, 0.29) is 6.04 Å². The summed E-state index contributed by atoms with van der Waals surface area (Å²) in [7, 11) is 0. The molecule has 0 aliphatic rings. The zero-order valence-electron chi connectivity index (χ0n) is 9.44. The van der Waals surface area contributed by atoms with E-state index in [1.807, 2.05) is 36.5 Å². The third-order valence-corrected chi connectivity index (χ3v) is 2.87. The molecule has 5 heteroatoms. The van der Waals surface area contributed by atoms with Gasteiger partial charge in [-0.2, -0.15) is 12.6 Å². The van der Waals surface area contributed by atoms with Crippen molar-refractivity contribution < 1.29 is 4.74 Å². The number of thiol groups is 1. The Morgan fingerprint density at radius 2 is 2.12 bits per heavy atom. The second kappa shape index (κ2) is 6.42. The summed E-state index contributed by atoms with van der Waals surface area (Å²) in [4.78, 5) is 0. The highest BCUT2D eigenvalue weighted by Gasteiger charge is 2.09. The largest absolute Gasteiger partial charge is 0.375 e. The lowest BCUT2D eigenvalue weighted by Gasteiger charge is -2.14. The van der Waals surface area contributed by atoms with Crippen LogP contribution in [0.4, 0.5) is 0 Å². The van der Waals surface area contributed by atoms with Crippen molar-refractivity contribution in [3.05, 3.63) is 48.3 Å². The molecule has 0 bridgehead atoms. The lowest BCUT2D eigenvalue weighted by Crippen LogP contribution is -2.17. The number of hydrogen-bond acceptors (Lipinski definition) is 4. The molecule has 2 rings (SSSR count). The van der Waals surface area contributed by atoms with Crippen LogP contribution >= 0.6 is 12.6 Å². The van der Waals surface area contributed by atoms with E-state index < -0.39 is 0 Å². The fraction of sp³-hybridized carbons (Fsp3) is 0.333. The average Bonchev–Trinajstić information content (AvgIpc) is 2.90. The number of nitrogens with zero attached hydrogens (tertiary/aromatic N) is 3. The molecule has 0 saturated heterocycles. The minimum absolute atomic E-state index is 0.129. The van der Waals surface area contributed by atoms with Crippen molar-refractivity contribution in [2.45, 2.75) is 12.6 Å². The molecule has 0 fully saturated rings. The standard InChI is InChI=1S/C12H15N3OS/c17-10-12(15-7-6-13-14-15)9-16-8-11-4-2-1-3-5-11/h1-7,12,17H,8-10H2/t12-/m0/s1. The van der Waals surface area contributed by atoms with Crippen LogP contribution < -0.4 is 0 Å². The molecule has 0 saturated carbocycles. The van der Waals surface area contributed by atoms with Crippen molar-refractivity contribution in [2.24, 2.45) is 0 Å². The number of aromatic nitrogens is 3. The number of hydrogen-bond donors (Lipinski definition) is 1. The van der Waals surface area contributed by atoms with Gasteiger partial charge in [-0.05, 0) is 5.56 Å². The van der Waals surface area contributed by atoms with Crippen molar-refractivity contribution in [3.63, 3.8) is 0 Å². The maximum absolute atomic E-state index is 5.66. The van der Waals surface area contributed by atoms with E-state index in [9.17, 15) is 0 Å². The van der Waals surface area contributed by atoms with Crippen LogP contribution in [0.5, 0.6) is 0 Å². The van der Waals surface area contributed by atoms with Gasteiger partial charge >= 0.3 is 0 Å². The molecule has 0 spiro atoms. The summed E-state index contributed by atoms with van der Waals surface area (Å²) in [5, 5.41) is 7.73. The van der Waals surface area contributed by atoms with E-state index in [1.54, 1.807) is 10.9 Å². The summed E-state index contributed by atoms with van der Waals surface area (Å²) < 4.78 is 7.43. The molecule has 4 nitrogen and oxygen atoms in total. The molecule has 1 aromatic carbocycles. The Morgan fingerprint density at radius 3 is 2.76 bits per heavy atom. The van der Waals surface area contributed by atoms with Gasteiger partial charge in [0.05, 0.1) is 25.5 Å². The summed E-state index contributed by atoms with van der Waals surface area (Å²) in [5.41, 5.74) is 1.17. The summed E-state index contributed by atoms with van der Waals surface area (Å²) >= 11 is 4.29. The molecule has 90 valence electrons. The predicted octanol–water partition coefficient (Wildman–Crippen LogP) is 1.97. The molecular formula is C12H15N3OS. The van der Waals surface area contributed by atoms with Crippen LogP contribution in [0.1, 0.15) is 11.6 Å². The van der Waals surface area contributed by atoms with E-state index >= 15 is 0 Å². The molecule has 0 unspecified atom stereocenters. The molecule has 0 N–H and O–H groups in total. The zero-order chi connectivity index (χ0) is 11.9. The fourth-order valence-electron chi connectivity index (χ4n) is 1.51. The normalized spacial score (nSPS) is 12.5. The van der Waals surface area contributed by atoms with E-state index in [1.165, 1.54) is 5.56 Å². The molecule has 17 heavy (non-hydrogen) atoms. The SMILES string of the molecule is SC[C@H](COCc1ccccc1)n1ccnn1. The first-order chi connectivity index (χ1) is 8.40. The minimum Gasteiger partial charge on any atom is -0.375 e. The van der Waals surface area contributed by atoms with Gasteiger partial charge in [0, 0.05) is 11.9 Å². The Labute approximate surface area is 106 Å². The monoisotopic (exact) mass is 249 g/mol. The number of rotatable bonds is 6. The van der Waals surface area contributed by atoms with Gasteiger partial charge < -0.3 is 4.74 Å². The summed E-state index contributed by atoms with van der Waals surface area (Å²) in [6.07, 6.45) is 3.49. The first-order valence-corrected chi connectivity index (χ1v) is 6.11. The van der Waals surface area contributed by atoms with Crippen LogP contribution in [0.25, 0.3) is 0 Å². The molecule has 0 radical (unpaired) electrons. The van der Waals surface area contributed by atoms with Crippen LogP contribution in [-0.4, -0.2) is 27.4 Å². The molecular weight excluding hydrogens is 234 g/mol. The van der Waals surface area contributed by atoms with Gasteiger partial charge in [-0.1, -0.05) is 35.5 Å². The van der Waals surface area contributed by atoms with Crippen LogP contribution in [0.3, 0.4) is 0 Å². The van der Waals surface area contributed by atoms with E-state index in [0.717, 1.165) is 0 Å². The maximum atomic E-state index is 5.66. The Bertz CT molecular complexity index is 419. The Hall–Kier alpha value is -1.33. The van der Waals surface area contributed by atoms with Crippen molar-refractivity contribution in [1.82, 2.24) is 15.0 Å². The van der Waals surface area contributed by atoms with Crippen LogP contribution in [0, 0.1) is 0 Å². The number of ether oxygens (including phenoxy) is 1. The predicted molar refractivity (Wildman–Crippen MR) is 69.0 cm³/mol. The second-order valence-corrected chi connectivity index (χ2v) is 4.09. The topological polar surface area (TPSA) is 39.9 Å². The lowest BCUT2D eigenvalue weighted by molar-refractivity contribution is 0.0923. The van der Waals surface area contributed by atoms with Gasteiger partial charge in [-0.15, -0.1) is 5.10 Å². The molecule has 0 aliphatic heterocycles. The van der Waals surface area contributed by atoms with Crippen molar-refractivity contribution in [2.75, 3.05) is 12.4 Å². The van der Waals surface area contributed by atoms with Crippen molar-refractivity contribution in [3.8, 4) is 0 Å². The van der Waals surface area contributed by atoms with Crippen molar-refractivity contribution >= 4 is 12.6 Å². The van der Waals surface area contributed by atoms with Crippen LogP contribution in [0.2, 0.25) is 0 Å². The fourth-order valence-corrected chi connectivity index (χ4v) is 1.78. The first-order valence-electron chi connectivity index (χ1n) is 5.48. The minimum atomic E-state index is 0.129. The van der Waals surface area contributed by atoms with E-state index in [0.29, 0.717) is 19.0 Å². The summed E-state index contributed by atoms with van der Waals surface area (Å²) in [5.74, 6) is 0.679. The Balaban J connectivity index is 1.81. The van der Waals surface area contributed by atoms with E-state index in [4.69, 9.17) is 4.74 Å². The molecule has 1 atom stereocenters. The molecule has 0 aliphatic carbocycles. The highest BCUT2D eigenvalue weighted by atomic mass is 32.1. The molecule has 1 aromatic heterocycles. The Kier molecular flexibility index (Phi) is 4.58. The van der Waals surface area contributed by atoms with Gasteiger partial charge in [-0.3, -0.25) is 0 Å². The lowest BCUT2D eigenvalue weighted by atomic mass is 10.2. The van der Waals surface area contributed by atoms with E-state index in [2.05, 4.69) is 22.9 Å². The van der Waals surface area contributed by atoms with Gasteiger partial charge in [0.25, 0.3) is 0 Å². The summed E-state index contributed by atoms with van der Waals surface area (Å²) in [6.45, 7) is 1.20. The summed E-state index contributed by atoms with van der Waals surface area (Å²) in [6, 6.07) is 10.2. The van der Waals surface area contributed by atoms with Gasteiger partial charge in [-0.25, -0.2) is 4.68 Å². The van der Waals surface area contributed by atoms with Gasteiger partial charge in [0.15, 0.2) is 0 Å². The smallest absolute Gasteiger partial charge is 0.0858 e. The quantitative estimate of drug-likeness (QED) is 0.796. The first kappa shape index (κ1) is 12.1. The molecule has 2 aromatic rings. The average molecular weight is 249 g/mol. The van der Waals surface area contributed by atoms with Gasteiger partial charge in [0.2, 0.25) is 0 Å². The second-order valence-electron chi connectivity index (χ2n) is 3.72. The van der Waals surface area contributed by atoms with Crippen LogP contribution in [-0.2, 0) is 11.3 Å². The van der Waals surface area contributed by atoms with Gasteiger partial charge in [0.1, 0.15) is 0 Å². The highest BCUT2D eigenvalue weighted by Crippen LogP contribution is 2.08. The van der Waals surface area contributed by atoms with Crippen LogP contribution in [0.15, 0.2) is 42.7 Å². The third-order valence-electron chi connectivity index (χ3n) is 2.45. The zero-order valence-corrected chi connectivity index (χ0v) is 10.3. The van der Waals surface area contributed by atoms with Crippen molar-refractivity contribution in [1.29, 1.82) is 0 Å². The number of benzene rings is 1. The molecule has 1 heterocycles. The Morgan fingerprint density at radius 1 is 1.29 bits per heavy atom. The maximum Gasteiger partial charge on any atom is 0.0858 e. The molecule has 0 amide bonds. The third kappa shape index (κ3) is 3.57. The highest BCUT2D eigenvalue weighted by molar-refractivity contribution is 7.80.